The summed E-state index contributed by atoms with van der Waals surface area (Å²) in [7, 11) is 0. The Morgan fingerprint density at radius 1 is 1.29 bits per heavy atom. The fourth-order valence-corrected chi connectivity index (χ4v) is 1.73. The largest absolute Gasteiger partial charge is 0.481 e. The van der Waals surface area contributed by atoms with Gasteiger partial charge in [-0.3, -0.25) is 4.79 Å². The van der Waals surface area contributed by atoms with E-state index in [4.69, 9.17) is 9.84 Å². The number of carbonyl (C=O) groups is 2. The molecule has 6 nitrogen and oxygen atoms in total. The molecule has 0 aromatic carbocycles. The topological polar surface area (TPSA) is 78.9 Å². The number of amides is 2. The first-order valence-electron chi connectivity index (χ1n) is 7.49. The summed E-state index contributed by atoms with van der Waals surface area (Å²) in [6.07, 6.45) is 0.692. The van der Waals surface area contributed by atoms with Crippen LogP contribution in [-0.4, -0.2) is 53.8 Å². The zero-order chi connectivity index (χ0) is 16.5. The highest BCUT2D eigenvalue weighted by molar-refractivity contribution is 5.76. The minimum absolute atomic E-state index is 0.0534. The number of hydrogen-bond donors (Lipinski definition) is 2. The van der Waals surface area contributed by atoms with Crippen LogP contribution in [0.15, 0.2) is 0 Å². The second-order valence-corrected chi connectivity index (χ2v) is 6.52. The molecule has 2 N–H and O–H groups in total. The number of aliphatic carboxylic acids is 1. The van der Waals surface area contributed by atoms with Crippen LogP contribution < -0.4 is 5.32 Å². The van der Waals surface area contributed by atoms with E-state index in [1.807, 2.05) is 20.8 Å². The Hall–Kier alpha value is -1.30. The quantitative estimate of drug-likeness (QED) is 0.641. The van der Waals surface area contributed by atoms with Crippen molar-refractivity contribution in [3.05, 3.63) is 0 Å². The summed E-state index contributed by atoms with van der Waals surface area (Å²) >= 11 is 0. The third-order valence-electron chi connectivity index (χ3n) is 2.80. The third kappa shape index (κ3) is 10.1. The van der Waals surface area contributed by atoms with Crippen LogP contribution in [0.5, 0.6) is 0 Å². The monoisotopic (exact) mass is 302 g/mol. The standard InChI is InChI=1S/C15H30N2O4/c1-12(2)11-21-10-6-8-16-14(20)17(15(3,4)5)9-7-13(18)19/h12H,6-11H2,1-5H3,(H,16,20)(H,18,19). The Morgan fingerprint density at radius 2 is 1.90 bits per heavy atom. The normalized spacial score (nSPS) is 11.5. The number of carboxylic acids is 1. The van der Waals surface area contributed by atoms with Crippen molar-refractivity contribution < 1.29 is 19.4 Å². The Morgan fingerprint density at radius 3 is 2.38 bits per heavy atom. The van der Waals surface area contributed by atoms with Gasteiger partial charge in [0.05, 0.1) is 6.42 Å². The van der Waals surface area contributed by atoms with Crippen LogP contribution in [0.3, 0.4) is 0 Å². The van der Waals surface area contributed by atoms with Gasteiger partial charge in [0.15, 0.2) is 0 Å². The molecule has 0 aliphatic carbocycles. The Balaban J connectivity index is 4.09. The van der Waals surface area contributed by atoms with Crippen LogP contribution in [0.1, 0.15) is 47.5 Å². The van der Waals surface area contributed by atoms with Crippen molar-refractivity contribution in [3.8, 4) is 0 Å². The predicted octanol–water partition coefficient (Wildman–Crippen LogP) is 2.33. The van der Waals surface area contributed by atoms with Gasteiger partial charge in [0.25, 0.3) is 0 Å². The molecule has 0 unspecified atom stereocenters. The fraction of sp³-hybridized carbons (Fsp3) is 0.867. The van der Waals surface area contributed by atoms with E-state index >= 15 is 0 Å². The molecule has 0 saturated heterocycles. The fourth-order valence-electron chi connectivity index (χ4n) is 1.73. The zero-order valence-electron chi connectivity index (χ0n) is 13.9. The maximum absolute atomic E-state index is 12.1. The van der Waals surface area contributed by atoms with E-state index in [1.54, 1.807) is 4.90 Å². The molecule has 0 radical (unpaired) electrons. The summed E-state index contributed by atoms with van der Waals surface area (Å²) in [5, 5.41) is 11.6. The van der Waals surface area contributed by atoms with Gasteiger partial charge in [-0.2, -0.15) is 0 Å². The highest BCUT2D eigenvalue weighted by Gasteiger charge is 2.26. The summed E-state index contributed by atoms with van der Waals surface area (Å²) in [6.45, 7) is 11.9. The van der Waals surface area contributed by atoms with Crippen LogP contribution >= 0.6 is 0 Å². The molecule has 124 valence electrons. The van der Waals surface area contributed by atoms with Gasteiger partial charge in [-0.15, -0.1) is 0 Å². The lowest BCUT2D eigenvalue weighted by atomic mass is 10.1. The van der Waals surface area contributed by atoms with Crippen molar-refractivity contribution >= 4 is 12.0 Å². The maximum atomic E-state index is 12.1. The first-order chi connectivity index (χ1) is 9.64. The lowest BCUT2D eigenvalue weighted by Gasteiger charge is -2.35. The van der Waals surface area contributed by atoms with Crippen LogP contribution in [0, 0.1) is 5.92 Å². The molecule has 0 rings (SSSR count). The van der Waals surface area contributed by atoms with Crippen molar-refractivity contribution in [3.63, 3.8) is 0 Å². The highest BCUT2D eigenvalue weighted by Crippen LogP contribution is 2.13. The molecule has 6 heteroatoms. The average molecular weight is 302 g/mol. The smallest absolute Gasteiger partial charge is 0.317 e. The van der Waals surface area contributed by atoms with Crippen molar-refractivity contribution in [2.75, 3.05) is 26.3 Å². The first-order valence-corrected chi connectivity index (χ1v) is 7.49. The molecule has 0 atom stereocenters. The average Bonchev–Trinajstić information content (AvgIpc) is 2.31. The number of carboxylic acid groups (broad SMARTS) is 1. The van der Waals surface area contributed by atoms with Gasteiger partial charge in [0.2, 0.25) is 0 Å². The number of carbonyl (C=O) groups excluding carboxylic acids is 1. The zero-order valence-corrected chi connectivity index (χ0v) is 13.9. The number of nitrogens with one attached hydrogen (secondary N) is 1. The molecule has 0 saturated carbocycles. The molecule has 0 aliphatic heterocycles. The molecule has 0 heterocycles. The number of ether oxygens (including phenoxy) is 1. The van der Waals surface area contributed by atoms with E-state index in [-0.39, 0.29) is 19.0 Å². The van der Waals surface area contributed by atoms with E-state index in [9.17, 15) is 9.59 Å². The van der Waals surface area contributed by atoms with Crippen LogP contribution in [0.25, 0.3) is 0 Å². The number of nitrogens with zero attached hydrogens (tertiary/aromatic N) is 1. The second kappa shape index (κ2) is 9.60. The van der Waals surface area contributed by atoms with Crippen LogP contribution in [0.2, 0.25) is 0 Å². The van der Waals surface area contributed by atoms with Gasteiger partial charge in [0.1, 0.15) is 0 Å². The van der Waals surface area contributed by atoms with E-state index < -0.39 is 11.5 Å². The molecule has 0 aromatic rings. The van der Waals surface area contributed by atoms with Crippen molar-refractivity contribution in [1.29, 1.82) is 0 Å². The van der Waals surface area contributed by atoms with Crippen LogP contribution in [-0.2, 0) is 9.53 Å². The number of rotatable bonds is 9. The van der Waals surface area contributed by atoms with E-state index in [0.717, 1.165) is 13.0 Å². The molecule has 0 fully saturated rings. The Labute approximate surface area is 127 Å². The predicted molar refractivity (Wildman–Crippen MR) is 82.4 cm³/mol. The molecular weight excluding hydrogens is 272 g/mol. The SMILES string of the molecule is CC(C)COCCCNC(=O)N(CCC(=O)O)C(C)(C)C. The number of hydrogen-bond acceptors (Lipinski definition) is 3. The minimum Gasteiger partial charge on any atom is -0.481 e. The van der Waals surface area contributed by atoms with Crippen molar-refractivity contribution in [1.82, 2.24) is 10.2 Å². The molecule has 0 bridgehead atoms. The van der Waals surface area contributed by atoms with Crippen molar-refractivity contribution in [2.45, 2.75) is 53.0 Å². The number of urea groups is 1. The van der Waals surface area contributed by atoms with Gasteiger partial charge in [-0.05, 0) is 33.1 Å². The summed E-state index contributed by atoms with van der Waals surface area (Å²) in [6, 6.07) is -0.229. The van der Waals surface area contributed by atoms with Crippen molar-refractivity contribution in [2.24, 2.45) is 5.92 Å². The van der Waals surface area contributed by atoms with E-state index in [0.29, 0.717) is 19.1 Å². The molecule has 0 aromatic heterocycles. The summed E-state index contributed by atoms with van der Waals surface area (Å²) in [5.74, 6) is -0.397. The van der Waals surface area contributed by atoms with Gasteiger partial charge in [-0.1, -0.05) is 13.8 Å². The molecular formula is C15H30N2O4. The Kier molecular flexibility index (Phi) is 9.01. The van der Waals surface area contributed by atoms with Crippen LogP contribution in [0.4, 0.5) is 4.79 Å². The van der Waals surface area contributed by atoms with Gasteiger partial charge >= 0.3 is 12.0 Å². The van der Waals surface area contributed by atoms with Gasteiger partial charge < -0.3 is 20.1 Å². The van der Waals surface area contributed by atoms with E-state index in [1.165, 1.54) is 0 Å². The summed E-state index contributed by atoms with van der Waals surface area (Å²) in [4.78, 5) is 24.3. The van der Waals surface area contributed by atoms with Gasteiger partial charge in [0, 0.05) is 31.8 Å². The minimum atomic E-state index is -0.904. The summed E-state index contributed by atoms with van der Waals surface area (Å²) < 4.78 is 5.44. The maximum Gasteiger partial charge on any atom is 0.317 e. The summed E-state index contributed by atoms with van der Waals surface area (Å²) in [5.41, 5.74) is -0.409. The lowest BCUT2D eigenvalue weighted by Crippen LogP contribution is -2.51. The third-order valence-corrected chi connectivity index (χ3v) is 2.80. The highest BCUT2D eigenvalue weighted by atomic mass is 16.5. The molecule has 21 heavy (non-hydrogen) atoms. The first kappa shape index (κ1) is 19.7. The second-order valence-electron chi connectivity index (χ2n) is 6.52. The van der Waals surface area contributed by atoms with Gasteiger partial charge in [-0.25, -0.2) is 4.79 Å². The molecule has 2 amide bonds. The van der Waals surface area contributed by atoms with E-state index in [2.05, 4.69) is 19.2 Å². The lowest BCUT2D eigenvalue weighted by molar-refractivity contribution is -0.137. The molecule has 0 spiro atoms. The Bertz CT molecular complexity index is 324. The molecule has 0 aliphatic rings.